The predicted molar refractivity (Wildman–Crippen MR) is 140 cm³/mol. The molecule has 1 N–H and O–H groups in total. The number of aromatic nitrogens is 1. The standard InChI is InChI=1S/C29H30N2O6/c1-4-5-9-18-14-26(32)37-25-13-8-12-24(27(18)25)36-17(2)28(33)31-16-22-20(15-23(31)29(34)35-3)19-10-6-7-11-21(19)30-22/h6-8,10-14,17,23,30H,4-5,9,15-16H2,1-3H3/t17-,23+/m1/s1. The van der Waals surface area contributed by atoms with Gasteiger partial charge in [0.2, 0.25) is 0 Å². The molecule has 8 nitrogen and oxygen atoms in total. The summed E-state index contributed by atoms with van der Waals surface area (Å²) in [6.45, 7) is 3.99. The lowest BCUT2D eigenvalue weighted by atomic mass is 9.96. The van der Waals surface area contributed by atoms with Crippen molar-refractivity contribution in [3.63, 3.8) is 0 Å². The van der Waals surface area contributed by atoms with Gasteiger partial charge in [-0.25, -0.2) is 9.59 Å². The Hall–Kier alpha value is -4.07. The number of amides is 1. The highest BCUT2D eigenvalue weighted by Crippen LogP contribution is 2.33. The molecule has 5 rings (SSSR count). The molecule has 8 heteroatoms. The second kappa shape index (κ2) is 10.1. The normalized spacial score (nSPS) is 16.0. The number of hydrogen-bond donors (Lipinski definition) is 1. The molecular weight excluding hydrogens is 472 g/mol. The van der Waals surface area contributed by atoms with Crippen molar-refractivity contribution in [3.8, 4) is 5.75 Å². The fraction of sp³-hybridized carbons (Fsp3) is 0.345. The summed E-state index contributed by atoms with van der Waals surface area (Å²) in [6.07, 6.45) is 2.03. The Balaban J connectivity index is 1.47. The monoisotopic (exact) mass is 502 g/mol. The molecule has 2 aromatic heterocycles. The van der Waals surface area contributed by atoms with E-state index in [1.54, 1.807) is 25.1 Å². The van der Waals surface area contributed by atoms with Gasteiger partial charge in [0.05, 0.1) is 19.0 Å². The van der Waals surface area contributed by atoms with Crippen molar-refractivity contribution in [2.45, 2.75) is 58.2 Å². The number of ether oxygens (including phenoxy) is 2. The Kier molecular flexibility index (Phi) is 6.74. The minimum Gasteiger partial charge on any atom is -0.480 e. The topological polar surface area (TPSA) is 102 Å². The van der Waals surface area contributed by atoms with Gasteiger partial charge >= 0.3 is 11.6 Å². The molecule has 0 saturated heterocycles. The van der Waals surface area contributed by atoms with Crippen LogP contribution in [0, 0.1) is 0 Å². The summed E-state index contributed by atoms with van der Waals surface area (Å²) in [5.41, 5.74) is 3.72. The van der Waals surface area contributed by atoms with Crippen molar-refractivity contribution in [2.24, 2.45) is 0 Å². The van der Waals surface area contributed by atoms with Gasteiger partial charge in [-0.05, 0) is 49.1 Å². The lowest BCUT2D eigenvalue weighted by Crippen LogP contribution is -2.52. The number of hydrogen-bond acceptors (Lipinski definition) is 6. The molecule has 1 aliphatic rings. The molecule has 0 unspecified atom stereocenters. The molecular formula is C29H30N2O6. The molecule has 1 amide bonds. The van der Waals surface area contributed by atoms with Crippen LogP contribution < -0.4 is 10.4 Å². The van der Waals surface area contributed by atoms with Crippen LogP contribution in [0.25, 0.3) is 21.9 Å². The van der Waals surface area contributed by atoms with E-state index in [0.29, 0.717) is 29.6 Å². The second-order valence-corrected chi connectivity index (χ2v) is 9.42. The van der Waals surface area contributed by atoms with E-state index in [-0.39, 0.29) is 12.5 Å². The number of carbonyl (C=O) groups excluding carboxylic acids is 2. The summed E-state index contributed by atoms with van der Waals surface area (Å²) in [4.78, 5) is 43.5. The number of H-pyrrole nitrogens is 1. The molecule has 2 aromatic carbocycles. The number of fused-ring (bicyclic) bond motifs is 4. The van der Waals surface area contributed by atoms with Crippen LogP contribution in [0.4, 0.5) is 0 Å². The first-order chi connectivity index (χ1) is 17.9. The number of rotatable bonds is 7. The highest BCUT2D eigenvalue weighted by atomic mass is 16.5. The number of aromatic amines is 1. The van der Waals surface area contributed by atoms with E-state index in [0.717, 1.165) is 40.6 Å². The molecule has 1 aliphatic heterocycles. The average molecular weight is 503 g/mol. The SMILES string of the molecule is CCCCc1cc(=O)oc2cccc(O[C@H](C)C(=O)N3Cc4[nH]c5ccccc5c4C[C@H]3C(=O)OC)c12. The van der Waals surface area contributed by atoms with E-state index >= 15 is 0 Å². The number of nitrogens with one attached hydrogen (secondary N) is 1. The largest absolute Gasteiger partial charge is 0.480 e. The smallest absolute Gasteiger partial charge is 0.336 e. The van der Waals surface area contributed by atoms with Crippen LogP contribution in [0.15, 0.2) is 57.7 Å². The summed E-state index contributed by atoms with van der Waals surface area (Å²) in [5, 5.41) is 1.73. The molecule has 0 saturated carbocycles. The maximum atomic E-state index is 13.7. The molecule has 0 spiro atoms. The first kappa shape index (κ1) is 24.6. The van der Waals surface area contributed by atoms with Crippen molar-refractivity contribution in [3.05, 3.63) is 75.8 Å². The number of methoxy groups -OCH3 is 1. The zero-order valence-electron chi connectivity index (χ0n) is 21.2. The van der Waals surface area contributed by atoms with Gasteiger partial charge in [0, 0.05) is 29.1 Å². The van der Waals surface area contributed by atoms with Gasteiger partial charge in [-0.1, -0.05) is 37.6 Å². The van der Waals surface area contributed by atoms with Crippen molar-refractivity contribution >= 4 is 33.7 Å². The van der Waals surface area contributed by atoms with Gasteiger partial charge in [0.1, 0.15) is 17.4 Å². The fourth-order valence-electron chi connectivity index (χ4n) is 5.19. The van der Waals surface area contributed by atoms with Crippen molar-refractivity contribution in [1.29, 1.82) is 0 Å². The Bertz CT molecular complexity index is 1530. The van der Waals surface area contributed by atoms with E-state index in [9.17, 15) is 14.4 Å². The third-order valence-electron chi connectivity index (χ3n) is 7.02. The molecule has 37 heavy (non-hydrogen) atoms. The molecule has 0 aliphatic carbocycles. The van der Waals surface area contributed by atoms with Crippen LogP contribution >= 0.6 is 0 Å². The first-order valence-electron chi connectivity index (χ1n) is 12.6. The summed E-state index contributed by atoms with van der Waals surface area (Å²) in [6, 6.07) is 13.8. The van der Waals surface area contributed by atoms with Crippen LogP contribution in [0.1, 0.15) is 43.5 Å². The van der Waals surface area contributed by atoms with Gasteiger partial charge in [0.15, 0.2) is 6.10 Å². The van der Waals surface area contributed by atoms with E-state index in [4.69, 9.17) is 13.9 Å². The maximum Gasteiger partial charge on any atom is 0.336 e. The Labute approximate surface area is 214 Å². The van der Waals surface area contributed by atoms with E-state index in [1.807, 2.05) is 24.3 Å². The molecule has 0 fully saturated rings. The summed E-state index contributed by atoms with van der Waals surface area (Å²) >= 11 is 0. The summed E-state index contributed by atoms with van der Waals surface area (Å²) in [7, 11) is 1.33. The third-order valence-corrected chi connectivity index (χ3v) is 7.02. The van der Waals surface area contributed by atoms with Crippen molar-refractivity contribution in [1.82, 2.24) is 9.88 Å². The first-order valence-corrected chi connectivity index (χ1v) is 12.6. The minimum atomic E-state index is -0.894. The fourth-order valence-corrected chi connectivity index (χ4v) is 5.19. The second-order valence-electron chi connectivity index (χ2n) is 9.42. The molecule has 4 aromatic rings. The van der Waals surface area contributed by atoms with Gasteiger partial charge in [-0.2, -0.15) is 0 Å². The number of esters is 1. The highest BCUT2D eigenvalue weighted by Gasteiger charge is 2.39. The van der Waals surface area contributed by atoms with Gasteiger partial charge < -0.3 is 23.8 Å². The van der Waals surface area contributed by atoms with E-state index in [2.05, 4.69) is 11.9 Å². The zero-order valence-corrected chi connectivity index (χ0v) is 21.2. The summed E-state index contributed by atoms with van der Waals surface area (Å²) < 4.78 is 16.7. The highest BCUT2D eigenvalue weighted by molar-refractivity contribution is 5.92. The van der Waals surface area contributed by atoms with Gasteiger partial charge in [-0.15, -0.1) is 0 Å². The number of benzene rings is 2. The Morgan fingerprint density at radius 1 is 1.19 bits per heavy atom. The summed E-state index contributed by atoms with van der Waals surface area (Å²) in [5.74, 6) is -0.333. The van der Waals surface area contributed by atoms with Crippen LogP contribution in [0.5, 0.6) is 5.75 Å². The molecule has 192 valence electrons. The molecule has 2 atom stereocenters. The number of nitrogens with zero attached hydrogens (tertiary/aromatic N) is 1. The number of aryl methyl sites for hydroxylation is 1. The lowest BCUT2D eigenvalue weighted by Gasteiger charge is -2.35. The predicted octanol–water partition coefficient (Wildman–Crippen LogP) is 4.51. The molecule has 0 bridgehead atoms. The number of para-hydroxylation sites is 1. The van der Waals surface area contributed by atoms with Crippen LogP contribution in [-0.2, 0) is 33.7 Å². The van der Waals surface area contributed by atoms with Gasteiger partial charge in [0.25, 0.3) is 5.91 Å². The van der Waals surface area contributed by atoms with Gasteiger partial charge in [-0.3, -0.25) is 4.79 Å². The Morgan fingerprint density at radius 2 is 2.00 bits per heavy atom. The van der Waals surface area contributed by atoms with E-state index < -0.39 is 23.7 Å². The van der Waals surface area contributed by atoms with Crippen LogP contribution in [0.3, 0.4) is 0 Å². The third kappa shape index (κ3) is 4.59. The molecule has 0 radical (unpaired) electrons. The van der Waals surface area contributed by atoms with Crippen molar-refractivity contribution in [2.75, 3.05) is 7.11 Å². The molecule has 3 heterocycles. The lowest BCUT2D eigenvalue weighted by molar-refractivity contribution is -0.156. The number of carbonyl (C=O) groups is 2. The average Bonchev–Trinajstić information content (AvgIpc) is 3.27. The van der Waals surface area contributed by atoms with Crippen LogP contribution in [0.2, 0.25) is 0 Å². The van der Waals surface area contributed by atoms with E-state index in [1.165, 1.54) is 18.1 Å². The number of unbranched alkanes of at least 4 members (excludes halogenated alkanes) is 1. The zero-order chi connectivity index (χ0) is 26.1. The Morgan fingerprint density at radius 3 is 2.78 bits per heavy atom. The van der Waals surface area contributed by atoms with Crippen molar-refractivity contribution < 1.29 is 23.5 Å². The quantitative estimate of drug-likeness (QED) is 0.295. The maximum absolute atomic E-state index is 13.7. The minimum absolute atomic E-state index is 0.239. The van der Waals surface area contributed by atoms with Crippen LogP contribution in [-0.4, -0.2) is 41.0 Å².